The molecule has 0 bridgehead atoms. The number of nitrogens with one attached hydrogen (secondary N) is 2. The Morgan fingerprint density at radius 1 is 0.492 bits per heavy atom. The molecule has 330 valence electrons. The third kappa shape index (κ3) is 14.5. The van der Waals surface area contributed by atoms with Gasteiger partial charge in [-0.25, -0.2) is 0 Å². The lowest BCUT2D eigenvalue weighted by atomic mass is 9.87. The number of hydrogen-bond donors (Lipinski definition) is 6. The van der Waals surface area contributed by atoms with Crippen LogP contribution >= 0.6 is 24.0 Å². The molecule has 0 aliphatic rings. The van der Waals surface area contributed by atoms with Gasteiger partial charge in [-0.3, -0.25) is 15.0 Å². The molecule has 0 spiro atoms. The second kappa shape index (κ2) is 25.3. The molecule has 7 N–H and O–H groups in total. The maximum Gasteiger partial charge on any atom is 0.406 e. The molecule has 0 amide bonds. The Balaban J connectivity index is 0.000000170. The van der Waals surface area contributed by atoms with E-state index in [0.29, 0.717) is 19.1 Å². The Morgan fingerprint density at radius 3 is 1.31 bits per heavy atom. The first-order chi connectivity index (χ1) is 31.2. The second-order valence-corrected chi connectivity index (χ2v) is 14.7. The van der Waals surface area contributed by atoms with Crippen molar-refractivity contribution in [3.05, 3.63) is 199 Å². The van der Waals surface area contributed by atoms with E-state index in [9.17, 15) is 15.2 Å². The highest BCUT2D eigenvalue weighted by atomic mass is 35.5. The number of benzene rings is 6. The number of alkyl halides is 1. The van der Waals surface area contributed by atoms with Crippen LogP contribution in [0, 0.1) is 0 Å². The molecule has 11 nitrogen and oxygen atoms in total. The number of aromatic nitrogens is 3. The van der Waals surface area contributed by atoms with Gasteiger partial charge in [0.05, 0.1) is 0 Å². The van der Waals surface area contributed by atoms with E-state index >= 15 is 0 Å². The van der Waals surface area contributed by atoms with Crippen LogP contribution in [0.2, 0.25) is 13.6 Å². The first kappa shape index (κ1) is 49.0. The van der Waals surface area contributed by atoms with Gasteiger partial charge in [0.25, 0.3) is 0 Å². The summed E-state index contributed by atoms with van der Waals surface area (Å²) in [5, 5.41) is 40.2. The van der Waals surface area contributed by atoms with Gasteiger partial charge in [-0.2, -0.15) is 0 Å². The Bertz CT molecular complexity index is 2840. The smallest absolute Gasteiger partial charge is 0.406 e. The van der Waals surface area contributed by atoms with Crippen LogP contribution in [0.3, 0.4) is 0 Å². The zero-order valence-electron chi connectivity index (χ0n) is 36.0. The van der Waals surface area contributed by atoms with Gasteiger partial charge in [0, 0.05) is 92.4 Å². The first-order valence-corrected chi connectivity index (χ1v) is 21.1. The van der Waals surface area contributed by atoms with Gasteiger partial charge in [-0.05, 0) is 103 Å². The molecule has 6 aromatic carbocycles. The van der Waals surface area contributed by atoms with Crippen molar-refractivity contribution >= 4 is 87.5 Å². The zero-order chi connectivity index (χ0) is 45.1. The predicted molar refractivity (Wildman–Crippen MR) is 271 cm³/mol. The van der Waals surface area contributed by atoms with Crippen molar-refractivity contribution in [3.8, 4) is 17.2 Å². The number of hydrogen-bond acceptors (Lipinski definition) is 11. The Morgan fingerprint density at radius 2 is 0.862 bits per heavy atom. The van der Waals surface area contributed by atoms with Crippen molar-refractivity contribution in [2.24, 2.45) is 0 Å². The highest BCUT2D eigenvalue weighted by molar-refractivity contribution is 6.53. The summed E-state index contributed by atoms with van der Waals surface area (Å²) in [6, 6.07) is 46.1. The van der Waals surface area contributed by atoms with Gasteiger partial charge in [0.1, 0.15) is 30.5 Å². The molecule has 0 radical (unpaired) electrons. The zero-order valence-corrected chi connectivity index (χ0v) is 37.5. The van der Waals surface area contributed by atoms with Gasteiger partial charge >= 0.3 is 14.1 Å². The maximum atomic E-state index is 9.64. The molecule has 9 aromatic rings. The third-order valence-corrected chi connectivity index (χ3v) is 9.93. The van der Waals surface area contributed by atoms with Crippen LogP contribution in [-0.2, 0) is 19.1 Å². The number of nitrogens with two attached hydrogens (primary N) is 1. The number of nitrogen functional groups attached to an aromatic ring is 1. The first-order valence-electron chi connectivity index (χ1n) is 20.6. The van der Waals surface area contributed by atoms with Crippen LogP contribution in [0.25, 0.3) is 32.3 Å². The topological polar surface area (TPSA) is 168 Å². The third-order valence-electron chi connectivity index (χ3n) is 9.62. The molecule has 65 heavy (non-hydrogen) atoms. The highest BCUT2D eigenvalue weighted by Gasteiger charge is 2.11. The number of nitrogens with zero attached hydrogens (tertiary/aromatic N) is 3. The number of aromatic hydroxyl groups is 1. The molecule has 9 rings (SSSR count). The van der Waals surface area contributed by atoms with Gasteiger partial charge in [0.15, 0.2) is 0 Å². The van der Waals surface area contributed by atoms with Crippen molar-refractivity contribution in [1.82, 2.24) is 15.0 Å². The molecule has 0 aliphatic heterocycles. The largest absolute Gasteiger partial charge is 0.507 e. The summed E-state index contributed by atoms with van der Waals surface area (Å²) in [5.74, 6) is 2.50. The minimum absolute atomic E-state index is 0. The fourth-order valence-electron chi connectivity index (χ4n) is 6.55. The maximum absolute atomic E-state index is 9.64. The Labute approximate surface area is 391 Å². The van der Waals surface area contributed by atoms with Gasteiger partial charge in [-0.15, -0.1) is 24.0 Å². The summed E-state index contributed by atoms with van der Waals surface area (Å²) in [7, 11) is -1.22. The molecule has 0 fully saturated rings. The minimum Gasteiger partial charge on any atom is -0.507 e. The monoisotopic (exact) mass is 906 g/mol. The van der Waals surface area contributed by atoms with Crippen LogP contribution in [0.5, 0.6) is 17.2 Å². The predicted octanol–water partition coefficient (Wildman–Crippen LogP) is 11.0. The average molecular weight is 908 g/mol. The molecular weight excluding hydrogens is 857 g/mol. The van der Waals surface area contributed by atoms with Crippen molar-refractivity contribution in [2.45, 2.75) is 32.7 Å². The van der Waals surface area contributed by atoms with Gasteiger partial charge < -0.3 is 40.8 Å². The highest BCUT2D eigenvalue weighted by Crippen LogP contribution is 2.33. The molecule has 3 heterocycles. The van der Waals surface area contributed by atoms with Crippen LogP contribution in [0.15, 0.2) is 183 Å². The van der Waals surface area contributed by atoms with Gasteiger partial charge in [-0.1, -0.05) is 72.8 Å². The van der Waals surface area contributed by atoms with Crippen molar-refractivity contribution in [3.63, 3.8) is 0 Å². The Hall–Kier alpha value is -7.02. The lowest BCUT2D eigenvalue weighted by Gasteiger charge is -2.14. The van der Waals surface area contributed by atoms with E-state index in [-0.39, 0.29) is 18.2 Å². The van der Waals surface area contributed by atoms with Crippen LogP contribution in [-0.4, -0.2) is 44.2 Å². The molecule has 0 saturated heterocycles. The van der Waals surface area contributed by atoms with Gasteiger partial charge in [0.2, 0.25) is 0 Å². The lowest BCUT2D eigenvalue weighted by molar-refractivity contribution is 0.310. The molecule has 15 heteroatoms. The fraction of sp³-hybridized carbons (Fsp3) is 0.100. The summed E-state index contributed by atoms with van der Waals surface area (Å²) in [6.07, 6.45) is 10.5. The fourth-order valence-corrected chi connectivity index (χ4v) is 6.73. The summed E-state index contributed by atoms with van der Waals surface area (Å²) in [4.78, 5) is 11.8. The van der Waals surface area contributed by atoms with Crippen molar-refractivity contribution in [2.75, 3.05) is 16.2 Å². The number of halogens is 2. The number of rotatable bonds is 11. The van der Waals surface area contributed by atoms with Crippen LogP contribution < -0.4 is 25.7 Å². The summed E-state index contributed by atoms with van der Waals surface area (Å²) in [6.45, 7) is 4.37. The molecule has 0 saturated carbocycles. The SMILES string of the molecule is CB(O)Nc1ccc(O)c2ccccc12.CB(O)Nc1ccc(OCc2ccncc2)c2ccccc12.Cl.ClCc1ccncc1.Nc1ccc(OCc2ccncc2)c2ccccc12. The van der Waals surface area contributed by atoms with E-state index < -0.39 is 14.1 Å². The van der Waals surface area contributed by atoms with Crippen molar-refractivity contribution < 1.29 is 24.6 Å². The molecule has 0 atom stereocenters. The minimum atomic E-state index is -0.613. The van der Waals surface area contributed by atoms with Crippen LogP contribution in [0.1, 0.15) is 16.7 Å². The lowest BCUT2D eigenvalue weighted by Crippen LogP contribution is -2.19. The van der Waals surface area contributed by atoms with E-state index in [1.165, 1.54) is 0 Å². The quantitative estimate of drug-likeness (QED) is 0.0316. The number of pyridine rings is 3. The molecule has 3 aromatic heterocycles. The number of anilines is 3. The summed E-state index contributed by atoms with van der Waals surface area (Å²) in [5.41, 5.74) is 11.7. The second-order valence-electron chi connectivity index (χ2n) is 14.5. The molecular formula is C50H50B2Cl2N6O5. The van der Waals surface area contributed by atoms with Crippen molar-refractivity contribution in [1.29, 1.82) is 0 Å². The average Bonchev–Trinajstić information content (AvgIpc) is 3.33. The standard InChI is InChI=1S/C17H17BN2O2.C16H14N2O.C11H12BNO2.C6H6ClN.ClH/c1-18(21)20-16-6-7-17(15-5-3-2-4-14(15)16)22-12-13-8-10-19-11-9-13;17-15-5-6-16(14-4-2-1-3-13(14)15)19-11-12-7-9-18-10-8-12;1-12(15)13-10-6-7-11(14)9-5-3-2-4-8(9)10;7-5-6-1-3-8-4-2-6;/h2-11,20-21H,12H2,1H3;1-10H,11,17H2;2-7,13-15H,1H3;1-4H,5H2;1H. The number of phenols is 1. The number of ether oxygens (including phenoxy) is 2. The normalized spacial score (nSPS) is 10.1. The summed E-state index contributed by atoms with van der Waals surface area (Å²) < 4.78 is 11.8. The van der Waals surface area contributed by atoms with Crippen LogP contribution in [0.4, 0.5) is 17.1 Å². The molecule has 0 unspecified atom stereocenters. The number of fused-ring (bicyclic) bond motifs is 3. The van der Waals surface area contributed by atoms with E-state index in [1.54, 1.807) is 63.0 Å². The Kier molecular flexibility index (Phi) is 19.1. The molecule has 0 aliphatic carbocycles. The van der Waals surface area contributed by atoms with E-state index in [4.69, 9.17) is 26.8 Å². The van der Waals surface area contributed by atoms with E-state index in [1.807, 2.05) is 133 Å². The van der Waals surface area contributed by atoms with E-state index in [2.05, 4.69) is 25.4 Å². The van der Waals surface area contributed by atoms with E-state index in [0.717, 1.165) is 77.6 Å². The number of phenolic OH excluding ortho intramolecular Hbond substituents is 1. The summed E-state index contributed by atoms with van der Waals surface area (Å²) >= 11 is 5.50.